The molecule has 1 atom stereocenters. The van der Waals surface area contributed by atoms with Crippen LogP contribution < -0.4 is 5.56 Å². The number of H-pyrrole nitrogens is 1. The van der Waals surface area contributed by atoms with E-state index in [1.165, 1.54) is 4.88 Å². The number of carbonyl (C=O) groups is 1. The maximum Gasteiger partial charge on any atom is 0.272 e. The Morgan fingerprint density at radius 3 is 2.97 bits per heavy atom. The van der Waals surface area contributed by atoms with Gasteiger partial charge in [0.1, 0.15) is 11.5 Å². The first-order valence-electron chi connectivity index (χ1n) is 10.7. The highest BCUT2D eigenvalue weighted by Crippen LogP contribution is 2.26. The van der Waals surface area contributed by atoms with Crippen LogP contribution >= 0.6 is 11.3 Å². The van der Waals surface area contributed by atoms with Crippen molar-refractivity contribution in [3.05, 3.63) is 79.9 Å². The van der Waals surface area contributed by atoms with Crippen molar-refractivity contribution in [3.8, 4) is 0 Å². The molecule has 0 bridgehead atoms. The molecule has 8 heteroatoms. The summed E-state index contributed by atoms with van der Waals surface area (Å²) < 4.78 is 0. The lowest BCUT2D eigenvalue weighted by molar-refractivity contribution is 0.0698. The van der Waals surface area contributed by atoms with Gasteiger partial charge in [-0.15, -0.1) is 11.3 Å². The monoisotopic (exact) mass is 435 g/mol. The van der Waals surface area contributed by atoms with Crippen LogP contribution in [0, 0.1) is 0 Å². The van der Waals surface area contributed by atoms with E-state index in [0.29, 0.717) is 31.2 Å². The van der Waals surface area contributed by atoms with Gasteiger partial charge in [-0.3, -0.25) is 19.5 Å². The van der Waals surface area contributed by atoms with Crippen LogP contribution in [0.5, 0.6) is 0 Å². The summed E-state index contributed by atoms with van der Waals surface area (Å²) in [4.78, 5) is 43.2. The Bertz CT molecular complexity index is 1110. The molecular weight excluding hydrogens is 410 g/mol. The van der Waals surface area contributed by atoms with Gasteiger partial charge in [-0.1, -0.05) is 12.1 Å². The van der Waals surface area contributed by atoms with Crippen LogP contribution in [-0.4, -0.2) is 50.3 Å². The second-order valence-corrected chi connectivity index (χ2v) is 9.25. The summed E-state index contributed by atoms with van der Waals surface area (Å²) >= 11 is 1.74. The number of carbonyl (C=O) groups excluding carboxylic acids is 1. The maximum absolute atomic E-state index is 12.9. The third-order valence-electron chi connectivity index (χ3n) is 6.10. The standard InChI is InChI=1S/C23H25N5O2S/c29-22-18-15-27(14-17-6-4-12-31-17)11-8-19(18)25-21(26-22)16-5-3-10-28(13-16)23(30)20-7-1-2-9-24-20/h1-2,4,6-7,9,12,16H,3,5,8,10-11,13-15H2,(H,25,26,29)/t16-/m0/s1. The second-order valence-electron chi connectivity index (χ2n) is 8.22. The Hall–Kier alpha value is -2.84. The van der Waals surface area contributed by atoms with Crippen LogP contribution in [0.25, 0.3) is 0 Å². The molecule has 3 aromatic rings. The fraction of sp³-hybridized carbons (Fsp3) is 0.391. The van der Waals surface area contributed by atoms with Gasteiger partial charge in [-0.2, -0.15) is 0 Å². The summed E-state index contributed by atoms with van der Waals surface area (Å²) in [7, 11) is 0. The molecule has 0 unspecified atom stereocenters. The first-order chi connectivity index (χ1) is 15.2. The van der Waals surface area contributed by atoms with E-state index in [1.807, 2.05) is 11.0 Å². The topological polar surface area (TPSA) is 82.2 Å². The van der Waals surface area contributed by atoms with Crippen molar-refractivity contribution in [1.29, 1.82) is 0 Å². The van der Waals surface area contributed by atoms with Gasteiger partial charge in [0, 0.05) is 56.1 Å². The lowest BCUT2D eigenvalue weighted by atomic mass is 9.96. The number of amides is 1. The molecule has 7 nitrogen and oxygen atoms in total. The van der Waals surface area contributed by atoms with Crippen molar-refractivity contribution in [1.82, 2.24) is 24.8 Å². The molecule has 31 heavy (non-hydrogen) atoms. The average molecular weight is 436 g/mol. The first-order valence-corrected chi connectivity index (χ1v) is 11.6. The molecule has 3 aromatic heterocycles. The van der Waals surface area contributed by atoms with Crippen LogP contribution in [0.4, 0.5) is 0 Å². The number of hydrogen-bond acceptors (Lipinski definition) is 6. The van der Waals surface area contributed by atoms with Crippen LogP contribution in [0.3, 0.4) is 0 Å². The van der Waals surface area contributed by atoms with Crippen LogP contribution in [-0.2, 0) is 19.5 Å². The minimum absolute atomic E-state index is 0.0379. The summed E-state index contributed by atoms with van der Waals surface area (Å²) in [6.07, 6.45) is 4.22. The van der Waals surface area contributed by atoms with E-state index in [-0.39, 0.29) is 17.4 Å². The number of thiophene rings is 1. The molecule has 1 N–H and O–H groups in total. The minimum Gasteiger partial charge on any atom is -0.337 e. The van der Waals surface area contributed by atoms with Crippen LogP contribution in [0.1, 0.15) is 51.2 Å². The molecular formula is C23H25N5O2S. The molecule has 2 aliphatic heterocycles. The highest BCUT2D eigenvalue weighted by atomic mass is 32.1. The predicted octanol–water partition coefficient (Wildman–Crippen LogP) is 2.80. The normalized spacial score (nSPS) is 19.2. The number of nitrogens with one attached hydrogen (secondary N) is 1. The number of nitrogens with zero attached hydrogens (tertiary/aromatic N) is 4. The van der Waals surface area contributed by atoms with Gasteiger partial charge in [0.2, 0.25) is 0 Å². The molecule has 0 aliphatic carbocycles. The lowest BCUT2D eigenvalue weighted by Gasteiger charge is -2.33. The number of hydrogen-bond donors (Lipinski definition) is 1. The van der Waals surface area contributed by atoms with Crippen molar-refractivity contribution in [2.75, 3.05) is 19.6 Å². The zero-order valence-electron chi connectivity index (χ0n) is 17.3. The van der Waals surface area contributed by atoms with Gasteiger partial charge in [0.05, 0.1) is 11.3 Å². The van der Waals surface area contributed by atoms with Crippen molar-refractivity contribution < 1.29 is 4.79 Å². The zero-order valence-corrected chi connectivity index (χ0v) is 18.1. The Labute approximate surface area is 184 Å². The summed E-state index contributed by atoms with van der Waals surface area (Å²) in [6, 6.07) is 9.56. The lowest BCUT2D eigenvalue weighted by Crippen LogP contribution is -2.41. The van der Waals surface area contributed by atoms with Gasteiger partial charge in [-0.25, -0.2) is 4.98 Å². The van der Waals surface area contributed by atoms with Crippen molar-refractivity contribution in [2.24, 2.45) is 0 Å². The summed E-state index contributed by atoms with van der Waals surface area (Å²) in [6.45, 7) is 3.66. The van der Waals surface area contributed by atoms with Gasteiger partial charge in [0.25, 0.3) is 11.5 Å². The van der Waals surface area contributed by atoms with Gasteiger partial charge >= 0.3 is 0 Å². The average Bonchev–Trinajstić information content (AvgIpc) is 3.32. The second kappa shape index (κ2) is 8.72. The summed E-state index contributed by atoms with van der Waals surface area (Å²) in [5.74, 6) is 0.701. The van der Waals surface area contributed by atoms with Gasteiger partial charge in [-0.05, 0) is 36.4 Å². The van der Waals surface area contributed by atoms with Gasteiger partial charge < -0.3 is 9.88 Å². The van der Waals surface area contributed by atoms with E-state index >= 15 is 0 Å². The molecule has 1 saturated heterocycles. The summed E-state index contributed by atoms with van der Waals surface area (Å²) in [5.41, 5.74) is 2.11. The van der Waals surface area contributed by atoms with E-state index < -0.39 is 0 Å². The Morgan fingerprint density at radius 2 is 2.16 bits per heavy atom. The molecule has 1 fully saturated rings. The molecule has 160 valence electrons. The van der Waals surface area contributed by atoms with E-state index in [9.17, 15) is 9.59 Å². The molecule has 2 aliphatic rings. The number of aromatic amines is 1. The SMILES string of the molecule is O=C(c1ccccn1)N1CCC[C@H](c2nc3c(c(=O)[nH]2)CN(Cc2cccs2)CC3)C1. The third-order valence-corrected chi connectivity index (χ3v) is 6.97. The third kappa shape index (κ3) is 4.31. The smallest absolute Gasteiger partial charge is 0.272 e. The van der Waals surface area contributed by atoms with Crippen molar-refractivity contribution >= 4 is 17.2 Å². The number of piperidine rings is 1. The minimum atomic E-state index is -0.0603. The highest BCUT2D eigenvalue weighted by molar-refractivity contribution is 7.09. The maximum atomic E-state index is 12.9. The fourth-order valence-corrected chi connectivity index (χ4v) is 5.23. The largest absolute Gasteiger partial charge is 0.337 e. The Kier molecular flexibility index (Phi) is 5.65. The van der Waals surface area contributed by atoms with Gasteiger partial charge in [0.15, 0.2) is 0 Å². The number of likely N-dealkylation sites (tertiary alicyclic amines) is 1. The summed E-state index contributed by atoms with van der Waals surface area (Å²) in [5, 5.41) is 2.08. The number of aromatic nitrogens is 3. The molecule has 0 aromatic carbocycles. The molecule has 0 spiro atoms. The number of fused-ring (bicyclic) bond motifs is 1. The molecule has 5 rings (SSSR count). The molecule has 5 heterocycles. The number of rotatable bonds is 4. The predicted molar refractivity (Wildman–Crippen MR) is 119 cm³/mol. The van der Waals surface area contributed by atoms with E-state index in [2.05, 4.69) is 32.4 Å². The zero-order chi connectivity index (χ0) is 21.2. The van der Waals surface area contributed by atoms with E-state index in [4.69, 9.17) is 4.98 Å². The molecule has 0 saturated carbocycles. The van der Waals surface area contributed by atoms with E-state index in [1.54, 1.807) is 29.7 Å². The molecule has 1 amide bonds. The highest BCUT2D eigenvalue weighted by Gasteiger charge is 2.29. The van der Waals surface area contributed by atoms with Crippen molar-refractivity contribution in [2.45, 2.75) is 38.3 Å². The first kappa shape index (κ1) is 20.1. The van der Waals surface area contributed by atoms with Crippen molar-refractivity contribution in [3.63, 3.8) is 0 Å². The Morgan fingerprint density at radius 1 is 1.23 bits per heavy atom. The van der Waals surface area contributed by atoms with Crippen LogP contribution in [0.2, 0.25) is 0 Å². The Balaban J connectivity index is 1.32. The quantitative estimate of drug-likeness (QED) is 0.682. The number of pyridine rings is 1. The van der Waals surface area contributed by atoms with E-state index in [0.717, 1.165) is 43.6 Å². The fourth-order valence-electron chi connectivity index (χ4n) is 4.49. The molecule has 0 radical (unpaired) electrons. The van der Waals surface area contributed by atoms with Crippen LogP contribution in [0.15, 0.2) is 46.7 Å².